The largest absolute Gasteiger partial charge is 0.396 e. The molecular weight excluding hydrogens is 260 g/mol. The quantitative estimate of drug-likeness (QED) is 0.638. The first-order chi connectivity index (χ1) is 9.72. The molecule has 0 bridgehead atoms. The maximum absolute atomic E-state index is 8.97. The third-order valence-corrected chi connectivity index (χ3v) is 2.93. The third-order valence-electron chi connectivity index (χ3n) is 2.93. The molecule has 2 aromatic heterocycles. The number of hydrogen-bond donors (Lipinski definition) is 3. The fourth-order valence-corrected chi connectivity index (χ4v) is 1.74. The van der Waals surface area contributed by atoms with Gasteiger partial charge in [0.25, 0.3) is 5.95 Å². The van der Waals surface area contributed by atoms with Crippen molar-refractivity contribution in [3.63, 3.8) is 0 Å². The fourth-order valence-electron chi connectivity index (χ4n) is 1.74. The van der Waals surface area contributed by atoms with Crippen LogP contribution < -0.4 is 11.1 Å². The number of aliphatic hydroxyl groups excluding tert-OH is 1. The minimum Gasteiger partial charge on any atom is -0.396 e. The zero-order chi connectivity index (χ0) is 14.4. The van der Waals surface area contributed by atoms with Gasteiger partial charge in [0.15, 0.2) is 0 Å². The van der Waals surface area contributed by atoms with E-state index in [4.69, 9.17) is 10.8 Å². The first kappa shape index (κ1) is 14.1. The summed E-state index contributed by atoms with van der Waals surface area (Å²) in [5, 5.41) is 16.0. The minimum atomic E-state index is 0.114. The SMILES string of the molecule is CCC(CCO)CNc1nc(N)nc(-n2cncn2)n1. The predicted octanol–water partition coefficient (Wildman–Crippen LogP) is -0.145. The van der Waals surface area contributed by atoms with Crippen molar-refractivity contribution >= 4 is 11.9 Å². The van der Waals surface area contributed by atoms with Crippen LogP contribution in [0.4, 0.5) is 11.9 Å². The Morgan fingerprint density at radius 2 is 2.25 bits per heavy atom. The molecular formula is C11H18N8O. The molecule has 0 saturated heterocycles. The smallest absolute Gasteiger partial charge is 0.258 e. The molecule has 9 heteroatoms. The van der Waals surface area contributed by atoms with E-state index in [1.165, 1.54) is 17.3 Å². The summed E-state index contributed by atoms with van der Waals surface area (Å²) in [4.78, 5) is 16.1. The summed E-state index contributed by atoms with van der Waals surface area (Å²) in [5.74, 6) is 1.17. The Morgan fingerprint density at radius 3 is 2.90 bits per heavy atom. The molecule has 4 N–H and O–H groups in total. The summed E-state index contributed by atoms with van der Waals surface area (Å²) in [6.45, 7) is 2.91. The van der Waals surface area contributed by atoms with E-state index in [0.29, 0.717) is 24.4 Å². The van der Waals surface area contributed by atoms with Crippen LogP contribution in [0.3, 0.4) is 0 Å². The molecule has 1 unspecified atom stereocenters. The molecule has 108 valence electrons. The van der Waals surface area contributed by atoms with E-state index >= 15 is 0 Å². The van der Waals surface area contributed by atoms with Crippen LogP contribution in [-0.2, 0) is 0 Å². The molecule has 20 heavy (non-hydrogen) atoms. The van der Waals surface area contributed by atoms with Gasteiger partial charge in [-0.15, -0.1) is 0 Å². The van der Waals surface area contributed by atoms with Gasteiger partial charge in [0.2, 0.25) is 11.9 Å². The maximum atomic E-state index is 8.97. The van der Waals surface area contributed by atoms with Crippen LogP contribution in [0.15, 0.2) is 12.7 Å². The van der Waals surface area contributed by atoms with Crippen molar-refractivity contribution in [2.45, 2.75) is 19.8 Å². The molecule has 0 amide bonds. The number of nitrogen functional groups attached to an aromatic ring is 1. The second-order valence-corrected chi connectivity index (χ2v) is 4.32. The minimum absolute atomic E-state index is 0.114. The second-order valence-electron chi connectivity index (χ2n) is 4.32. The van der Waals surface area contributed by atoms with Gasteiger partial charge in [0.1, 0.15) is 12.7 Å². The summed E-state index contributed by atoms with van der Waals surface area (Å²) in [5.41, 5.74) is 5.66. The standard InChI is InChI=1S/C11H18N8O/c1-2-8(3-4-20)5-14-10-16-9(12)17-11(18-10)19-7-13-6-15-19/h6-8,20H,2-5H2,1H3,(H3,12,14,16,17,18). The number of nitrogens with two attached hydrogens (primary N) is 1. The monoisotopic (exact) mass is 278 g/mol. The Morgan fingerprint density at radius 1 is 1.40 bits per heavy atom. The van der Waals surface area contributed by atoms with Gasteiger partial charge < -0.3 is 16.2 Å². The predicted molar refractivity (Wildman–Crippen MR) is 73.1 cm³/mol. The van der Waals surface area contributed by atoms with Crippen LogP contribution in [-0.4, -0.2) is 48.0 Å². The lowest BCUT2D eigenvalue weighted by Crippen LogP contribution is -2.18. The average Bonchev–Trinajstić information content (AvgIpc) is 2.97. The number of nitrogens with one attached hydrogen (secondary N) is 1. The lowest BCUT2D eigenvalue weighted by atomic mass is 10.0. The lowest BCUT2D eigenvalue weighted by molar-refractivity contribution is 0.258. The molecule has 0 spiro atoms. The summed E-state index contributed by atoms with van der Waals surface area (Å²) in [6, 6.07) is 0. The molecule has 2 heterocycles. The van der Waals surface area contributed by atoms with Gasteiger partial charge in [-0.1, -0.05) is 13.3 Å². The molecule has 2 aromatic rings. The zero-order valence-corrected chi connectivity index (χ0v) is 11.3. The number of aliphatic hydroxyl groups is 1. The van der Waals surface area contributed by atoms with Crippen LogP contribution in [0.2, 0.25) is 0 Å². The molecule has 9 nitrogen and oxygen atoms in total. The van der Waals surface area contributed by atoms with Crippen LogP contribution in [0.25, 0.3) is 5.95 Å². The van der Waals surface area contributed by atoms with Gasteiger partial charge in [0, 0.05) is 13.2 Å². The number of hydrogen-bond acceptors (Lipinski definition) is 8. The van der Waals surface area contributed by atoms with Crippen molar-refractivity contribution in [3.8, 4) is 5.95 Å². The molecule has 0 aromatic carbocycles. The average molecular weight is 278 g/mol. The van der Waals surface area contributed by atoms with Gasteiger partial charge >= 0.3 is 0 Å². The number of nitrogens with zero attached hydrogens (tertiary/aromatic N) is 6. The van der Waals surface area contributed by atoms with E-state index in [0.717, 1.165) is 12.8 Å². The van der Waals surface area contributed by atoms with E-state index < -0.39 is 0 Å². The van der Waals surface area contributed by atoms with Crippen LogP contribution in [0.5, 0.6) is 0 Å². The lowest BCUT2D eigenvalue weighted by Gasteiger charge is -2.14. The normalized spacial score (nSPS) is 12.3. The third kappa shape index (κ3) is 3.60. The van der Waals surface area contributed by atoms with E-state index in [-0.39, 0.29) is 12.6 Å². The van der Waals surface area contributed by atoms with E-state index in [2.05, 4.69) is 37.3 Å². The molecule has 2 rings (SSSR count). The Balaban J connectivity index is 2.08. The van der Waals surface area contributed by atoms with Crippen molar-refractivity contribution < 1.29 is 5.11 Å². The Kier molecular flexibility index (Phi) is 4.77. The number of rotatable bonds is 7. The van der Waals surface area contributed by atoms with E-state index in [1.54, 1.807) is 0 Å². The van der Waals surface area contributed by atoms with Crippen LogP contribution in [0, 0.1) is 5.92 Å². The summed E-state index contributed by atoms with van der Waals surface area (Å²) >= 11 is 0. The van der Waals surface area contributed by atoms with Crippen molar-refractivity contribution in [2.24, 2.45) is 5.92 Å². The molecule has 0 radical (unpaired) electrons. The molecule has 0 aliphatic carbocycles. The molecule has 0 saturated carbocycles. The van der Waals surface area contributed by atoms with Crippen molar-refractivity contribution in [1.29, 1.82) is 0 Å². The van der Waals surface area contributed by atoms with Gasteiger partial charge in [-0.05, 0) is 12.3 Å². The molecule has 1 atom stereocenters. The van der Waals surface area contributed by atoms with Gasteiger partial charge in [-0.3, -0.25) is 0 Å². The molecule has 0 fully saturated rings. The highest BCUT2D eigenvalue weighted by Gasteiger charge is 2.09. The van der Waals surface area contributed by atoms with E-state index in [9.17, 15) is 0 Å². The maximum Gasteiger partial charge on any atom is 0.258 e. The van der Waals surface area contributed by atoms with Crippen LogP contribution in [0.1, 0.15) is 19.8 Å². The van der Waals surface area contributed by atoms with Crippen molar-refractivity contribution in [3.05, 3.63) is 12.7 Å². The number of anilines is 2. The summed E-state index contributed by atoms with van der Waals surface area (Å²) < 4.78 is 1.41. The first-order valence-electron chi connectivity index (χ1n) is 6.44. The highest BCUT2D eigenvalue weighted by Crippen LogP contribution is 2.10. The van der Waals surface area contributed by atoms with Crippen molar-refractivity contribution in [2.75, 3.05) is 24.2 Å². The highest BCUT2D eigenvalue weighted by molar-refractivity contribution is 5.34. The summed E-state index contributed by atoms with van der Waals surface area (Å²) in [7, 11) is 0. The fraction of sp³-hybridized carbons (Fsp3) is 0.545. The van der Waals surface area contributed by atoms with E-state index in [1.807, 2.05) is 0 Å². The molecule has 0 aliphatic heterocycles. The molecule has 0 aliphatic rings. The van der Waals surface area contributed by atoms with Gasteiger partial charge in [-0.2, -0.15) is 24.7 Å². The van der Waals surface area contributed by atoms with Crippen molar-refractivity contribution in [1.82, 2.24) is 29.7 Å². The Hall–Kier alpha value is -2.29. The summed E-state index contributed by atoms with van der Waals surface area (Å²) in [6.07, 6.45) is 4.57. The topological polar surface area (TPSA) is 128 Å². The van der Waals surface area contributed by atoms with Gasteiger partial charge in [0.05, 0.1) is 0 Å². The second kappa shape index (κ2) is 6.75. The first-order valence-corrected chi connectivity index (χ1v) is 6.44. The van der Waals surface area contributed by atoms with Crippen LogP contribution >= 0.6 is 0 Å². The number of aromatic nitrogens is 6. The Bertz CT molecular complexity index is 529. The highest BCUT2D eigenvalue weighted by atomic mass is 16.3. The Labute approximate surface area is 116 Å². The van der Waals surface area contributed by atoms with Gasteiger partial charge in [-0.25, -0.2) is 4.98 Å². The zero-order valence-electron chi connectivity index (χ0n) is 11.3.